The smallest absolute Gasteiger partial charge is 0.110 e. The van der Waals surface area contributed by atoms with Crippen molar-refractivity contribution in [3.63, 3.8) is 0 Å². The number of β-amino-alcohol motifs (C(OH)–C–C–N with tert-alkyl or cyclic N) is 1. The molecule has 0 radical (unpaired) electrons. The summed E-state index contributed by atoms with van der Waals surface area (Å²) < 4.78 is 0. The zero-order valence-electron chi connectivity index (χ0n) is 8.06. The molecule has 3 unspecified atom stereocenters. The minimum absolute atomic E-state index is 0.102. The number of nitrogens with one attached hydrogen (secondary N) is 1. The van der Waals surface area contributed by atoms with Crippen LogP contribution in [-0.4, -0.2) is 80.4 Å². The number of aliphatic hydroxyl groups excluding tert-OH is 6. The molecule has 1 aliphatic rings. The van der Waals surface area contributed by atoms with E-state index >= 15 is 0 Å². The van der Waals surface area contributed by atoms with Gasteiger partial charge in [0.1, 0.15) is 18.3 Å². The molecule has 0 bridgehead atoms. The molecule has 0 saturated carbocycles. The van der Waals surface area contributed by atoms with E-state index in [4.69, 9.17) is 10.2 Å². The highest BCUT2D eigenvalue weighted by atomic mass is 16.4. The molecule has 1 fully saturated rings. The van der Waals surface area contributed by atoms with Crippen LogP contribution in [-0.2, 0) is 0 Å². The van der Waals surface area contributed by atoms with Gasteiger partial charge in [0, 0.05) is 6.54 Å². The van der Waals surface area contributed by atoms with Crippen LogP contribution in [0.3, 0.4) is 0 Å². The first-order valence-corrected chi connectivity index (χ1v) is 4.73. The Bertz CT molecular complexity index is 204. The second kappa shape index (κ2) is 5.17. The maximum absolute atomic E-state index is 9.55. The van der Waals surface area contributed by atoms with Crippen molar-refractivity contribution in [3.8, 4) is 0 Å². The average Bonchev–Trinajstić information content (AvgIpc) is 2.56. The van der Waals surface area contributed by atoms with Crippen molar-refractivity contribution >= 4 is 0 Å². The van der Waals surface area contributed by atoms with Crippen molar-refractivity contribution in [3.05, 3.63) is 0 Å². The number of aliphatic hydroxyl groups is 6. The highest BCUT2D eigenvalue weighted by Gasteiger charge is 2.41. The van der Waals surface area contributed by atoms with Crippen LogP contribution in [0.25, 0.3) is 0 Å². The van der Waals surface area contributed by atoms with Crippen LogP contribution in [0.4, 0.5) is 0 Å². The summed E-state index contributed by atoms with van der Waals surface area (Å²) in [4.78, 5) is 0. The Balaban J connectivity index is 2.56. The van der Waals surface area contributed by atoms with Gasteiger partial charge in [-0.1, -0.05) is 0 Å². The van der Waals surface area contributed by atoms with E-state index in [-0.39, 0.29) is 6.54 Å². The summed E-state index contributed by atoms with van der Waals surface area (Å²) in [6.45, 7) is -0.589. The third-order valence-electron chi connectivity index (χ3n) is 2.62. The summed E-state index contributed by atoms with van der Waals surface area (Å²) in [7, 11) is 0. The van der Waals surface area contributed by atoms with E-state index in [1.807, 2.05) is 0 Å². The van der Waals surface area contributed by atoms with Crippen LogP contribution in [0.5, 0.6) is 0 Å². The van der Waals surface area contributed by atoms with Crippen LogP contribution in [0.2, 0.25) is 0 Å². The second-order valence-corrected chi connectivity index (χ2v) is 3.72. The molecular formula is C8H17NO6. The van der Waals surface area contributed by atoms with Gasteiger partial charge in [0.2, 0.25) is 0 Å². The van der Waals surface area contributed by atoms with Gasteiger partial charge >= 0.3 is 0 Å². The van der Waals surface area contributed by atoms with Crippen LogP contribution in [0, 0.1) is 0 Å². The molecule has 0 aromatic rings. The summed E-state index contributed by atoms with van der Waals surface area (Å²) in [6, 6.07) is -0.920. The monoisotopic (exact) mass is 223 g/mol. The largest absolute Gasteiger partial charge is 0.394 e. The molecular weight excluding hydrogens is 206 g/mol. The first-order valence-electron chi connectivity index (χ1n) is 4.73. The second-order valence-electron chi connectivity index (χ2n) is 3.72. The first kappa shape index (κ1) is 12.8. The van der Waals surface area contributed by atoms with Gasteiger partial charge in [0.15, 0.2) is 0 Å². The minimum atomic E-state index is -1.58. The topological polar surface area (TPSA) is 133 Å². The number of hydrogen-bond donors (Lipinski definition) is 7. The van der Waals surface area contributed by atoms with Crippen molar-refractivity contribution in [2.24, 2.45) is 0 Å². The van der Waals surface area contributed by atoms with E-state index in [2.05, 4.69) is 5.32 Å². The zero-order valence-corrected chi connectivity index (χ0v) is 8.06. The molecule has 0 aliphatic carbocycles. The maximum Gasteiger partial charge on any atom is 0.110 e. The summed E-state index contributed by atoms with van der Waals surface area (Å²) in [6.07, 6.45) is -6.73. The van der Waals surface area contributed by atoms with Crippen molar-refractivity contribution in [1.29, 1.82) is 0 Å². The lowest BCUT2D eigenvalue weighted by Gasteiger charge is -2.28. The Hall–Kier alpha value is -0.280. The van der Waals surface area contributed by atoms with Gasteiger partial charge in [-0.15, -0.1) is 0 Å². The summed E-state index contributed by atoms with van der Waals surface area (Å²) in [5.74, 6) is 0. The zero-order chi connectivity index (χ0) is 11.6. The molecule has 15 heavy (non-hydrogen) atoms. The van der Waals surface area contributed by atoms with E-state index in [1.165, 1.54) is 0 Å². The third-order valence-corrected chi connectivity index (χ3v) is 2.62. The summed E-state index contributed by atoms with van der Waals surface area (Å²) in [5, 5.41) is 57.7. The van der Waals surface area contributed by atoms with E-state index in [1.54, 1.807) is 0 Å². The van der Waals surface area contributed by atoms with Crippen LogP contribution >= 0.6 is 0 Å². The van der Waals surface area contributed by atoms with Gasteiger partial charge in [0.25, 0.3) is 0 Å². The molecule has 7 nitrogen and oxygen atoms in total. The Morgan fingerprint density at radius 2 is 1.80 bits per heavy atom. The molecule has 7 N–H and O–H groups in total. The molecule has 1 rings (SSSR count). The fraction of sp³-hybridized carbons (Fsp3) is 1.00. The first-order chi connectivity index (χ1) is 6.99. The number of hydrogen-bond acceptors (Lipinski definition) is 7. The van der Waals surface area contributed by atoms with E-state index in [9.17, 15) is 20.4 Å². The quantitative estimate of drug-likeness (QED) is 0.257. The minimum Gasteiger partial charge on any atom is -0.394 e. The normalized spacial score (nSPS) is 37.6. The fourth-order valence-corrected chi connectivity index (χ4v) is 1.61. The molecule has 1 heterocycles. The van der Waals surface area contributed by atoms with Crippen LogP contribution in [0.15, 0.2) is 0 Å². The van der Waals surface area contributed by atoms with Gasteiger partial charge < -0.3 is 36.0 Å². The average molecular weight is 223 g/mol. The Morgan fingerprint density at radius 3 is 2.20 bits per heavy atom. The molecule has 0 aromatic carbocycles. The van der Waals surface area contributed by atoms with Gasteiger partial charge in [0.05, 0.1) is 24.9 Å². The maximum atomic E-state index is 9.55. The molecule has 6 atom stereocenters. The predicted molar refractivity (Wildman–Crippen MR) is 48.9 cm³/mol. The molecule has 1 aliphatic heterocycles. The SMILES string of the molecule is OC[C@@H](O)[C@@H](O)[C@H](O)C1NCC(O)C1O. The van der Waals surface area contributed by atoms with Crippen LogP contribution < -0.4 is 5.32 Å². The van der Waals surface area contributed by atoms with Crippen LogP contribution in [0.1, 0.15) is 0 Å². The lowest BCUT2D eigenvalue weighted by Crippen LogP contribution is -2.53. The standard InChI is InChI=1S/C8H17NO6/c10-2-4(12)7(14)8(15)5-6(13)3(11)1-9-5/h3-15H,1-2H2/t3?,4-,5?,6?,7-,8-/m1/s1. The van der Waals surface area contributed by atoms with Crippen molar-refractivity contribution in [1.82, 2.24) is 5.32 Å². The Morgan fingerprint density at radius 1 is 1.20 bits per heavy atom. The highest BCUT2D eigenvalue weighted by molar-refractivity contribution is 4.97. The predicted octanol–water partition coefficient (Wildman–Crippen LogP) is -4.24. The molecule has 0 spiro atoms. The Labute approximate surface area is 86.6 Å². The van der Waals surface area contributed by atoms with Crippen molar-refractivity contribution in [2.75, 3.05) is 13.2 Å². The molecule has 7 heteroatoms. The van der Waals surface area contributed by atoms with Gasteiger partial charge in [-0.2, -0.15) is 0 Å². The molecule has 0 amide bonds. The van der Waals surface area contributed by atoms with Gasteiger partial charge in [-0.05, 0) is 0 Å². The molecule has 0 aromatic heterocycles. The van der Waals surface area contributed by atoms with E-state index < -0.39 is 43.2 Å². The molecule has 1 saturated heterocycles. The summed E-state index contributed by atoms with van der Waals surface area (Å²) in [5.41, 5.74) is 0. The third kappa shape index (κ3) is 2.64. The van der Waals surface area contributed by atoms with E-state index in [0.29, 0.717) is 0 Å². The van der Waals surface area contributed by atoms with E-state index in [0.717, 1.165) is 0 Å². The molecule has 90 valence electrons. The lowest BCUT2D eigenvalue weighted by molar-refractivity contribution is -0.1000. The van der Waals surface area contributed by atoms with Gasteiger partial charge in [-0.25, -0.2) is 0 Å². The highest BCUT2D eigenvalue weighted by Crippen LogP contribution is 2.15. The van der Waals surface area contributed by atoms with Gasteiger partial charge in [-0.3, -0.25) is 0 Å². The number of rotatable bonds is 4. The Kier molecular flexibility index (Phi) is 4.41. The van der Waals surface area contributed by atoms with Crippen molar-refractivity contribution in [2.45, 2.75) is 36.6 Å². The lowest BCUT2D eigenvalue weighted by atomic mass is 9.97. The fourth-order valence-electron chi connectivity index (χ4n) is 1.61. The summed E-state index contributed by atoms with van der Waals surface area (Å²) >= 11 is 0. The van der Waals surface area contributed by atoms with Crippen molar-refractivity contribution < 1.29 is 30.6 Å².